The van der Waals surface area contributed by atoms with E-state index in [1.807, 2.05) is 26.0 Å². The molecule has 0 aliphatic heterocycles. The predicted octanol–water partition coefficient (Wildman–Crippen LogP) is 2.59. The van der Waals surface area contributed by atoms with E-state index in [0.717, 1.165) is 22.4 Å². The number of carbonyl (C=O) groups is 2. The summed E-state index contributed by atoms with van der Waals surface area (Å²) >= 11 is 0. The van der Waals surface area contributed by atoms with Crippen LogP contribution in [0.4, 0.5) is 5.69 Å². The lowest BCUT2D eigenvalue weighted by molar-refractivity contribution is -0.115. The van der Waals surface area contributed by atoms with Crippen molar-refractivity contribution in [1.29, 1.82) is 0 Å². The minimum absolute atomic E-state index is 0.153. The number of rotatable bonds is 5. The highest BCUT2D eigenvalue weighted by Crippen LogP contribution is 2.25. The summed E-state index contributed by atoms with van der Waals surface area (Å²) in [6.07, 6.45) is 0.212. The van der Waals surface area contributed by atoms with Crippen LogP contribution >= 0.6 is 0 Å². The first-order chi connectivity index (χ1) is 10.9. The molecule has 0 fully saturated rings. The quantitative estimate of drug-likeness (QED) is 0.890. The molecule has 0 spiro atoms. The first kappa shape index (κ1) is 16.5. The summed E-state index contributed by atoms with van der Waals surface area (Å²) in [5, 5.41) is 2.80. The zero-order valence-corrected chi connectivity index (χ0v) is 13.5. The Morgan fingerprint density at radius 3 is 2.35 bits per heavy atom. The van der Waals surface area contributed by atoms with Crippen LogP contribution in [0.5, 0.6) is 5.75 Å². The molecular formula is C18H20N2O3. The maximum atomic E-state index is 12.2. The van der Waals surface area contributed by atoms with Crippen LogP contribution in [0, 0.1) is 13.8 Å². The van der Waals surface area contributed by atoms with Crippen molar-refractivity contribution in [3.63, 3.8) is 0 Å². The molecule has 0 unspecified atom stereocenters. The number of aryl methyl sites for hydroxylation is 2. The van der Waals surface area contributed by atoms with Crippen molar-refractivity contribution in [1.82, 2.24) is 0 Å². The van der Waals surface area contributed by atoms with Gasteiger partial charge < -0.3 is 15.8 Å². The van der Waals surface area contributed by atoms with Crippen molar-refractivity contribution in [2.75, 3.05) is 12.4 Å². The van der Waals surface area contributed by atoms with E-state index in [-0.39, 0.29) is 12.3 Å². The number of ether oxygens (including phenoxy) is 1. The number of amides is 2. The highest BCUT2D eigenvalue weighted by atomic mass is 16.5. The number of hydrogen-bond acceptors (Lipinski definition) is 3. The van der Waals surface area contributed by atoms with E-state index in [4.69, 9.17) is 10.5 Å². The largest absolute Gasteiger partial charge is 0.496 e. The topological polar surface area (TPSA) is 81.4 Å². The van der Waals surface area contributed by atoms with Crippen molar-refractivity contribution in [2.24, 2.45) is 5.73 Å². The van der Waals surface area contributed by atoms with Gasteiger partial charge in [-0.05, 0) is 43.7 Å². The Kier molecular flexibility index (Phi) is 5.01. The standard InChI is InChI=1S/C18H20N2O3/c1-11-8-12(2)17(23-3)14(9-11)10-16(21)20-15-6-4-13(5-7-15)18(19)22/h4-9H,10H2,1-3H3,(H2,19,22)(H,20,21). The van der Waals surface area contributed by atoms with Crippen LogP contribution in [0.25, 0.3) is 0 Å². The van der Waals surface area contributed by atoms with Gasteiger partial charge in [0.15, 0.2) is 0 Å². The van der Waals surface area contributed by atoms with Gasteiger partial charge in [0.1, 0.15) is 5.75 Å². The smallest absolute Gasteiger partial charge is 0.248 e. The molecule has 5 heteroatoms. The zero-order chi connectivity index (χ0) is 17.0. The van der Waals surface area contributed by atoms with Gasteiger partial charge in [-0.2, -0.15) is 0 Å². The summed E-state index contributed by atoms with van der Waals surface area (Å²) in [7, 11) is 1.60. The average Bonchev–Trinajstić information content (AvgIpc) is 2.47. The summed E-state index contributed by atoms with van der Waals surface area (Å²) in [6, 6.07) is 10.4. The molecule has 0 aliphatic rings. The Balaban J connectivity index is 2.12. The molecule has 0 heterocycles. The molecule has 0 atom stereocenters. The minimum Gasteiger partial charge on any atom is -0.496 e. The molecule has 3 N–H and O–H groups in total. The third-order valence-electron chi connectivity index (χ3n) is 3.50. The van der Waals surface area contributed by atoms with Gasteiger partial charge in [0.2, 0.25) is 11.8 Å². The molecule has 2 rings (SSSR count). The van der Waals surface area contributed by atoms with Crippen LogP contribution in [0.2, 0.25) is 0 Å². The normalized spacial score (nSPS) is 10.2. The van der Waals surface area contributed by atoms with E-state index < -0.39 is 5.91 Å². The van der Waals surface area contributed by atoms with E-state index in [0.29, 0.717) is 11.3 Å². The molecule has 2 amide bonds. The number of hydrogen-bond donors (Lipinski definition) is 2. The average molecular weight is 312 g/mol. The summed E-state index contributed by atoms with van der Waals surface area (Å²) in [5.74, 6) is 0.0813. The Hall–Kier alpha value is -2.82. The third-order valence-corrected chi connectivity index (χ3v) is 3.50. The maximum Gasteiger partial charge on any atom is 0.248 e. The lowest BCUT2D eigenvalue weighted by Crippen LogP contribution is -2.16. The molecule has 5 nitrogen and oxygen atoms in total. The van der Waals surface area contributed by atoms with Crippen molar-refractivity contribution in [3.8, 4) is 5.75 Å². The van der Waals surface area contributed by atoms with E-state index in [2.05, 4.69) is 5.32 Å². The van der Waals surface area contributed by atoms with Crippen LogP contribution in [-0.4, -0.2) is 18.9 Å². The van der Waals surface area contributed by atoms with Gasteiger partial charge in [-0.25, -0.2) is 0 Å². The van der Waals surface area contributed by atoms with E-state index in [9.17, 15) is 9.59 Å². The van der Waals surface area contributed by atoms with E-state index >= 15 is 0 Å². The van der Waals surface area contributed by atoms with Gasteiger partial charge >= 0.3 is 0 Å². The summed E-state index contributed by atoms with van der Waals surface area (Å²) in [5.41, 5.74) is 9.13. The van der Waals surface area contributed by atoms with Crippen LogP contribution in [0.15, 0.2) is 36.4 Å². The van der Waals surface area contributed by atoms with Crippen molar-refractivity contribution in [2.45, 2.75) is 20.3 Å². The third kappa shape index (κ3) is 4.10. The molecule has 2 aromatic carbocycles. The predicted molar refractivity (Wildman–Crippen MR) is 89.8 cm³/mol. The maximum absolute atomic E-state index is 12.2. The van der Waals surface area contributed by atoms with Crippen molar-refractivity contribution >= 4 is 17.5 Å². The van der Waals surface area contributed by atoms with Crippen LogP contribution in [0.3, 0.4) is 0 Å². The number of carbonyl (C=O) groups excluding carboxylic acids is 2. The Labute approximate surface area is 135 Å². The summed E-state index contributed by atoms with van der Waals surface area (Å²) in [4.78, 5) is 23.3. The SMILES string of the molecule is COc1c(C)cc(C)cc1CC(=O)Nc1ccc(C(N)=O)cc1. The second kappa shape index (κ2) is 6.96. The van der Waals surface area contributed by atoms with E-state index in [1.165, 1.54) is 0 Å². The van der Waals surface area contributed by atoms with Gasteiger partial charge in [0.05, 0.1) is 13.5 Å². The summed E-state index contributed by atoms with van der Waals surface area (Å²) in [6.45, 7) is 3.94. The second-order valence-electron chi connectivity index (χ2n) is 5.44. The molecule has 120 valence electrons. The van der Waals surface area contributed by atoms with Gasteiger partial charge in [0, 0.05) is 16.8 Å². The Morgan fingerprint density at radius 2 is 1.78 bits per heavy atom. The highest BCUT2D eigenvalue weighted by molar-refractivity contribution is 5.95. The fourth-order valence-corrected chi connectivity index (χ4v) is 2.56. The molecule has 2 aromatic rings. The molecule has 23 heavy (non-hydrogen) atoms. The molecule has 0 bridgehead atoms. The van der Waals surface area contributed by atoms with Crippen LogP contribution in [-0.2, 0) is 11.2 Å². The highest BCUT2D eigenvalue weighted by Gasteiger charge is 2.12. The number of anilines is 1. The van der Waals surface area contributed by atoms with Crippen molar-refractivity contribution in [3.05, 3.63) is 58.7 Å². The first-order valence-corrected chi connectivity index (χ1v) is 7.24. The summed E-state index contributed by atoms with van der Waals surface area (Å²) < 4.78 is 5.39. The number of nitrogens with two attached hydrogens (primary N) is 1. The fraction of sp³-hybridized carbons (Fsp3) is 0.222. The number of benzene rings is 2. The molecule has 0 radical (unpaired) electrons. The van der Waals surface area contributed by atoms with Crippen LogP contribution < -0.4 is 15.8 Å². The van der Waals surface area contributed by atoms with Gasteiger partial charge in [-0.15, -0.1) is 0 Å². The fourth-order valence-electron chi connectivity index (χ4n) is 2.56. The number of primary amides is 1. The van der Waals surface area contributed by atoms with Gasteiger partial charge in [-0.3, -0.25) is 9.59 Å². The number of methoxy groups -OCH3 is 1. The number of nitrogens with one attached hydrogen (secondary N) is 1. The Bertz CT molecular complexity index is 737. The van der Waals surface area contributed by atoms with E-state index in [1.54, 1.807) is 31.4 Å². The molecule has 0 saturated carbocycles. The lowest BCUT2D eigenvalue weighted by atomic mass is 10.0. The Morgan fingerprint density at radius 1 is 1.13 bits per heavy atom. The molecule has 0 aliphatic carbocycles. The van der Waals surface area contributed by atoms with Crippen LogP contribution in [0.1, 0.15) is 27.0 Å². The van der Waals surface area contributed by atoms with Gasteiger partial charge in [0.25, 0.3) is 0 Å². The minimum atomic E-state index is -0.497. The molecular weight excluding hydrogens is 292 g/mol. The van der Waals surface area contributed by atoms with Crippen molar-refractivity contribution < 1.29 is 14.3 Å². The lowest BCUT2D eigenvalue weighted by Gasteiger charge is -2.13. The van der Waals surface area contributed by atoms with Gasteiger partial charge in [-0.1, -0.05) is 17.7 Å². The monoisotopic (exact) mass is 312 g/mol. The molecule has 0 saturated heterocycles. The zero-order valence-electron chi connectivity index (χ0n) is 13.5. The first-order valence-electron chi connectivity index (χ1n) is 7.24. The molecule has 0 aromatic heterocycles. The second-order valence-corrected chi connectivity index (χ2v) is 5.44.